The molecule has 26 heavy (non-hydrogen) atoms. The van der Waals surface area contributed by atoms with Gasteiger partial charge in [0.25, 0.3) is 0 Å². The van der Waals surface area contributed by atoms with E-state index in [1.807, 2.05) is 49.6 Å². The fraction of sp³-hybridized carbons (Fsp3) is 0.368. The number of ether oxygens (including phenoxy) is 2. The summed E-state index contributed by atoms with van der Waals surface area (Å²) in [7, 11) is 0. The van der Waals surface area contributed by atoms with Crippen molar-refractivity contribution in [3.05, 3.63) is 46.2 Å². The van der Waals surface area contributed by atoms with Crippen LogP contribution in [0, 0.1) is 5.92 Å². The summed E-state index contributed by atoms with van der Waals surface area (Å²) >= 11 is 1.53. The minimum absolute atomic E-state index is 0.0148. The number of fused-ring (bicyclic) bond motifs is 1. The van der Waals surface area contributed by atoms with Crippen molar-refractivity contribution in [2.75, 3.05) is 6.79 Å². The van der Waals surface area contributed by atoms with Crippen molar-refractivity contribution in [1.29, 1.82) is 0 Å². The predicted molar refractivity (Wildman–Crippen MR) is 99.2 cm³/mol. The number of hydrogen-bond acceptors (Lipinski definition) is 5. The summed E-state index contributed by atoms with van der Waals surface area (Å²) in [6.07, 6.45) is 0.288. The average molecular weight is 374 g/mol. The number of benzene rings is 1. The number of carbonyl (C=O) groups excluding carboxylic acids is 2. The predicted octanol–water partition coefficient (Wildman–Crippen LogP) is 2.48. The SMILES string of the molecule is CC(C)[C@H](NC(=O)Cc1cccs1)C(=O)NCc1ccc2c(c1)OCO2. The molecular weight excluding hydrogens is 352 g/mol. The maximum atomic E-state index is 12.6. The maximum absolute atomic E-state index is 12.6. The Bertz CT molecular complexity index is 774. The molecule has 2 heterocycles. The van der Waals surface area contributed by atoms with Crippen LogP contribution < -0.4 is 20.1 Å². The second-order valence-corrected chi connectivity index (χ2v) is 7.48. The van der Waals surface area contributed by atoms with Crippen LogP contribution in [0.4, 0.5) is 0 Å². The van der Waals surface area contributed by atoms with E-state index in [1.165, 1.54) is 11.3 Å². The summed E-state index contributed by atoms with van der Waals surface area (Å²) in [5.74, 6) is 1.03. The molecule has 0 saturated heterocycles. The quantitative estimate of drug-likeness (QED) is 0.781. The van der Waals surface area contributed by atoms with E-state index in [-0.39, 0.29) is 30.9 Å². The minimum atomic E-state index is -0.573. The van der Waals surface area contributed by atoms with Crippen LogP contribution >= 0.6 is 11.3 Å². The van der Waals surface area contributed by atoms with E-state index >= 15 is 0 Å². The maximum Gasteiger partial charge on any atom is 0.243 e. The van der Waals surface area contributed by atoms with E-state index < -0.39 is 6.04 Å². The third-order valence-corrected chi connectivity index (χ3v) is 4.96. The van der Waals surface area contributed by atoms with Gasteiger partial charge in [-0.25, -0.2) is 0 Å². The molecule has 3 rings (SSSR count). The molecule has 0 unspecified atom stereocenters. The molecule has 0 bridgehead atoms. The van der Waals surface area contributed by atoms with Crippen molar-refractivity contribution in [3.8, 4) is 11.5 Å². The van der Waals surface area contributed by atoms with Crippen molar-refractivity contribution < 1.29 is 19.1 Å². The normalized spacial score (nSPS) is 13.5. The zero-order chi connectivity index (χ0) is 18.5. The first-order valence-corrected chi connectivity index (χ1v) is 9.39. The van der Waals surface area contributed by atoms with Crippen molar-refractivity contribution >= 4 is 23.2 Å². The van der Waals surface area contributed by atoms with Gasteiger partial charge in [-0.1, -0.05) is 26.0 Å². The number of nitrogens with one attached hydrogen (secondary N) is 2. The van der Waals surface area contributed by atoms with Crippen molar-refractivity contribution in [1.82, 2.24) is 10.6 Å². The fourth-order valence-electron chi connectivity index (χ4n) is 2.68. The van der Waals surface area contributed by atoms with E-state index in [1.54, 1.807) is 0 Å². The number of rotatable bonds is 7. The van der Waals surface area contributed by atoms with Gasteiger partial charge in [-0.15, -0.1) is 11.3 Å². The third-order valence-electron chi connectivity index (χ3n) is 4.08. The van der Waals surface area contributed by atoms with Gasteiger partial charge in [0.1, 0.15) is 6.04 Å². The van der Waals surface area contributed by atoms with Crippen LogP contribution in [0.1, 0.15) is 24.3 Å². The van der Waals surface area contributed by atoms with Gasteiger partial charge in [-0.2, -0.15) is 0 Å². The van der Waals surface area contributed by atoms with Gasteiger partial charge in [0.05, 0.1) is 6.42 Å². The summed E-state index contributed by atoms with van der Waals surface area (Å²) in [5.41, 5.74) is 0.912. The lowest BCUT2D eigenvalue weighted by atomic mass is 10.0. The number of carbonyl (C=O) groups is 2. The number of amides is 2. The Labute approximate surface area is 156 Å². The Morgan fingerprint density at radius 1 is 1.19 bits per heavy atom. The molecular formula is C19H22N2O4S. The average Bonchev–Trinajstić information content (AvgIpc) is 3.28. The van der Waals surface area contributed by atoms with Crippen LogP contribution in [0.3, 0.4) is 0 Å². The topological polar surface area (TPSA) is 76.7 Å². The lowest BCUT2D eigenvalue weighted by Gasteiger charge is -2.21. The zero-order valence-electron chi connectivity index (χ0n) is 14.8. The smallest absolute Gasteiger partial charge is 0.243 e. The van der Waals surface area contributed by atoms with E-state index in [0.717, 1.165) is 10.4 Å². The molecule has 0 spiro atoms. The molecule has 1 aromatic heterocycles. The first-order valence-electron chi connectivity index (χ1n) is 8.51. The van der Waals surface area contributed by atoms with Crippen LogP contribution in [-0.4, -0.2) is 24.6 Å². The molecule has 2 aromatic rings. The molecule has 1 aliphatic heterocycles. The molecule has 0 fully saturated rings. The van der Waals surface area contributed by atoms with Crippen LogP contribution in [0.15, 0.2) is 35.7 Å². The van der Waals surface area contributed by atoms with Crippen LogP contribution in [0.25, 0.3) is 0 Å². The molecule has 0 saturated carbocycles. The first kappa shape index (κ1) is 18.3. The molecule has 2 N–H and O–H groups in total. The minimum Gasteiger partial charge on any atom is -0.454 e. The second-order valence-electron chi connectivity index (χ2n) is 6.45. The monoisotopic (exact) mass is 374 g/mol. The van der Waals surface area contributed by atoms with Gasteiger partial charge >= 0.3 is 0 Å². The van der Waals surface area contributed by atoms with Crippen LogP contribution in [0.5, 0.6) is 11.5 Å². The fourth-order valence-corrected chi connectivity index (χ4v) is 3.38. The molecule has 138 valence electrons. The third kappa shape index (κ3) is 4.54. The van der Waals surface area contributed by atoms with Crippen molar-refractivity contribution in [2.45, 2.75) is 32.9 Å². The molecule has 0 aliphatic carbocycles. The first-order chi connectivity index (χ1) is 12.5. The lowest BCUT2D eigenvalue weighted by Crippen LogP contribution is -2.49. The summed E-state index contributed by atoms with van der Waals surface area (Å²) in [4.78, 5) is 25.7. The Kier molecular flexibility index (Phi) is 5.78. The van der Waals surface area contributed by atoms with Crippen molar-refractivity contribution in [2.24, 2.45) is 5.92 Å². The van der Waals surface area contributed by atoms with Crippen LogP contribution in [0.2, 0.25) is 0 Å². The van der Waals surface area contributed by atoms with Gasteiger partial charge in [0.15, 0.2) is 11.5 Å². The molecule has 2 amide bonds. The molecule has 7 heteroatoms. The summed E-state index contributed by atoms with van der Waals surface area (Å²) < 4.78 is 10.6. The van der Waals surface area contributed by atoms with E-state index in [0.29, 0.717) is 18.0 Å². The Balaban J connectivity index is 1.55. The van der Waals surface area contributed by atoms with E-state index in [4.69, 9.17) is 9.47 Å². The van der Waals surface area contributed by atoms with Gasteiger partial charge in [-0.05, 0) is 35.1 Å². The highest BCUT2D eigenvalue weighted by molar-refractivity contribution is 7.10. The summed E-state index contributed by atoms with van der Waals surface area (Å²) in [6.45, 7) is 4.41. The number of thiophene rings is 1. The largest absolute Gasteiger partial charge is 0.454 e. The molecule has 0 radical (unpaired) electrons. The van der Waals surface area contributed by atoms with E-state index in [9.17, 15) is 9.59 Å². The molecule has 1 atom stereocenters. The Hall–Kier alpha value is -2.54. The highest BCUT2D eigenvalue weighted by Gasteiger charge is 2.24. The summed E-state index contributed by atoms with van der Waals surface area (Å²) in [6, 6.07) is 8.80. The van der Waals surface area contributed by atoms with E-state index in [2.05, 4.69) is 10.6 Å². The van der Waals surface area contributed by atoms with Crippen LogP contribution in [-0.2, 0) is 22.6 Å². The highest BCUT2D eigenvalue weighted by atomic mass is 32.1. The molecule has 1 aromatic carbocycles. The Morgan fingerprint density at radius 3 is 2.73 bits per heavy atom. The van der Waals surface area contributed by atoms with Gasteiger partial charge < -0.3 is 20.1 Å². The zero-order valence-corrected chi connectivity index (χ0v) is 15.6. The van der Waals surface area contributed by atoms with Crippen molar-refractivity contribution in [3.63, 3.8) is 0 Å². The highest BCUT2D eigenvalue weighted by Crippen LogP contribution is 2.32. The standard InChI is InChI=1S/C19H22N2O4S/c1-12(2)18(21-17(22)9-14-4-3-7-26-14)19(23)20-10-13-5-6-15-16(8-13)25-11-24-15/h3-8,12,18H,9-11H2,1-2H3,(H,20,23)(H,21,22)/t18-/m0/s1. The Morgan fingerprint density at radius 2 is 2.00 bits per heavy atom. The van der Waals surface area contributed by atoms with Gasteiger partial charge in [-0.3, -0.25) is 9.59 Å². The second kappa shape index (κ2) is 8.23. The molecule has 6 nitrogen and oxygen atoms in total. The van der Waals surface area contributed by atoms with Gasteiger partial charge in [0.2, 0.25) is 18.6 Å². The molecule has 1 aliphatic rings. The number of hydrogen-bond donors (Lipinski definition) is 2. The lowest BCUT2D eigenvalue weighted by molar-refractivity contribution is -0.129. The van der Waals surface area contributed by atoms with Gasteiger partial charge in [0, 0.05) is 11.4 Å². The summed E-state index contributed by atoms with van der Waals surface area (Å²) in [5, 5.41) is 7.66.